The average Bonchev–Trinajstić information content (AvgIpc) is 2.85. The lowest BCUT2D eigenvalue weighted by atomic mass is 9.88. The first kappa shape index (κ1) is 31.1. The summed E-state index contributed by atoms with van der Waals surface area (Å²) < 4.78 is 10.5. The summed E-state index contributed by atoms with van der Waals surface area (Å²) in [6, 6.07) is 2.40. The first-order chi connectivity index (χ1) is 16.7. The highest BCUT2D eigenvalue weighted by Gasteiger charge is 2.34. The maximum absolute atomic E-state index is 13.0. The van der Waals surface area contributed by atoms with E-state index in [1.54, 1.807) is 13.2 Å². The molecule has 6 nitrogen and oxygen atoms in total. The molecule has 1 aliphatic rings. The number of nitrogens with zero attached hydrogens (tertiary/aromatic N) is 2. The Morgan fingerprint density at radius 1 is 1.31 bits per heavy atom. The van der Waals surface area contributed by atoms with E-state index in [0.717, 1.165) is 25.8 Å². The molecule has 35 heavy (non-hydrogen) atoms. The van der Waals surface area contributed by atoms with Gasteiger partial charge in [0.15, 0.2) is 0 Å². The lowest BCUT2D eigenvalue weighted by Gasteiger charge is -2.44. The topological polar surface area (TPSA) is 63.7 Å². The number of ether oxygens (including phenoxy) is 2. The van der Waals surface area contributed by atoms with Crippen LogP contribution in [-0.2, 0) is 4.74 Å². The molecule has 1 aliphatic heterocycles. The van der Waals surface area contributed by atoms with Crippen LogP contribution in [0.25, 0.3) is 0 Å². The highest BCUT2D eigenvalue weighted by molar-refractivity contribution is 6.30. The molecule has 1 fully saturated rings. The van der Waals surface area contributed by atoms with Gasteiger partial charge in [-0.2, -0.15) is 0 Å². The van der Waals surface area contributed by atoms with Crippen LogP contribution in [0.3, 0.4) is 0 Å². The number of halogens is 1. The normalized spacial score (nSPS) is 21.4. The van der Waals surface area contributed by atoms with E-state index in [2.05, 4.69) is 62.0 Å². The summed E-state index contributed by atoms with van der Waals surface area (Å²) in [6.07, 6.45) is 8.59. The van der Waals surface area contributed by atoms with Gasteiger partial charge < -0.3 is 14.8 Å². The molecular weight excluding hydrogens is 462 g/mol. The van der Waals surface area contributed by atoms with E-state index in [0.29, 0.717) is 35.2 Å². The Morgan fingerprint density at radius 2 is 2.00 bits per heavy atom. The maximum atomic E-state index is 13.0. The molecule has 0 saturated carbocycles. The first-order valence-corrected chi connectivity index (χ1v) is 13.2. The Bertz CT molecular complexity index is 854. The molecule has 0 aliphatic carbocycles. The molecule has 0 radical (unpaired) electrons. The molecule has 1 N–H and O–H groups in total. The van der Waals surface area contributed by atoms with Crippen molar-refractivity contribution in [2.24, 2.45) is 5.92 Å². The third-order valence-corrected chi connectivity index (χ3v) is 6.79. The van der Waals surface area contributed by atoms with Crippen LogP contribution in [0.15, 0.2) is 35.6 Å². The van der Waals surface area contributed by atoms with Gasteiger partial charge in [-0.1, -0.05) is 63.9 Å². The lowest BCUT2D eigenvalue weighted by molar-refractivity contribution is 0.0703. The number of hydrogen-bond donors (Lipinski definition) is 1. The molecule has 2 rings (SSSR count). The van der Waals surface area contributed by atoms with Gasteiger partial charge in [0.05, 0.1) is 18.7 Å². The second kappa shape index (κ2) is 16.0. The number of aromatic nitrogens is 1. The minimum Gasteiger partial charge on any atom is -0.480 e. The molecule has 3 unspecified atom stereocenters. The molecular formula is C28H46ClN3O3. The first-order valence-electron chi connectivity index (χ1n) is 12.8. The monoisotopic (exact) mass is 507 g/mol. The molecule has 2 heterocycles. The smallest absolute Gasteiger partial charge is 0.257 e. The number of likely N-dealkylation sites (tertiary alicyclic amines) is 1. The third kappa shape index (κ3) is 9.25. The van der Waals surface area contributed by atoms with Crippen molar-refractivity contribution in [1.29, 1.82) is 0 Å². The van der Waals surface area contributed by atoms with Gasteiger partial charge in [0.25, 0.3) is 5.91 Å². The molecule has 0 spiro atoms. The summed E-state index contributed by atoms with van der Waals surface area (Å²) in [4.78, 5) is 19.7. The van der Waals surface area contributed by atoms with Crippen molar-refractivity contribution in [2.75, 3.05) is 27.4 Å². The van der Waals surface area contributed by atoms with Crippen LogP contribution < -0.4 is 10.1 Å². The minimum absolute atomic E-state index is 0.0834. The Hall–Kier alpha value is -1.89. The molecule has 0 bridgehead atoms. The second-order valence-electron chi connectivity index (χ2n) is 9.16. The Labute approximate surface area is 218 Å². The van der Waals surface area contributed by atoms with Gasteiger partial charge in [0, 0.05) is 38.0 Å². The summed E-state index contributed by atoms with van der Waals surface area (Å²) in [5.74, 6) is 0.581. The summed E-state index contributed by atoms with van der Waals surface area (Å²) in [5, 5.41) is 3.62. The standard InChI is InChI=1S/C26H40ClN3O3.C2H6/c1-8-23-14-22(29-25(31)24-13-21(27)15-28-26(24)33-7)12-18(4)30(23)16-20(10-9-11-32-6)19(5)17(2)3;1-2/h9-10,13,15,17-18,22-23H,8,11-12,14,16H2,1-7H3,(H,29,31);1-2H3/b10-9-,20-19+;. The van der Waals surface area contributed by atoms with Crippen LogP contribution in [0.5, 0.6) is 5.88 Å². The van der Waals surface area contributed by atoms with E-state index in [1.165, 1.54) is 24.5 Å². The average molecular weight is 508 g/mol. The molecule has 1 aromatic rings. The van der Waals surface area contributed by atoms with Crippen molar-refractivity contribution in [3.05, 3.63) is 46.1 Å². The van der Waals surface area contributed by atoms with Crippen LogP contribution in [0, 0.1) is 5.92 Å². The second-order valence-corrected chi connectivity index (χ2v) is 9.59. The van der Waals surface area contributed by atoms with Crippen LogP contribution in [-0.4, -0.2) is 61.3 Å². The zero-order valence-electron chi connectivity index (χ0n) is 23.2. The van der Waals surface area contributed by atoms with Crippen LogP contribution in [0.1, 0.15) is 78.1 Å². The van der Waals surface area contributed by atoms with E-state index >= 15 is 0 Å². The van der Waals surface area contributed by atoms with E-state index in [1.807, 2.05) is 13.8 Å². The van der Waals surface area contributed by atoms with Crippen molar-refractivity contribution in [3.63, 3.8) is 0 Å². The molecule has 1 saturated heterocycles. The number of carbonyl (C=O) groups excluding carboxylic acids is 1. The van der Waals surface area contributed by atoms with Gasteiger partial charge in [0.2, 0.25) is 5.88 Å². The van der Waals surface area contributed by atoms with Crippen molar-refractivity contribution >= 4 is 17.5 Å². The molecule has 1 amide bonds. The van der Waals surface area contributed by atoms with Gasteiger partial charge in [-0.05, 0) is 50.7 Å². The summed E-state index contributed by atoms with van der Waals surface area (Å²) in [5.41, 5.74) is 3.12. The van der Waals surface area contributed by atoms with Crippen LogP contribution >= 0.6 is 11.6 Å². The quantitative estimate of drug-likeness (QED) is 0.376. The third-order valence-electron chi connectivity index (χ3n) is 6.59. The Morgan fingerprint density at radius 3 is 2.57 bits per heavy atom. The molecule has 198 valence electrons. The summed E-state index contributed by atoms with van der Waals surface area (Å²) in [6.45, 7) is 16.7. The number of pyridine rings is 1. The zero-order chi connectivity index (χ0) is 26.5. The Balaban J connectivity index is 0.00000298. The van der Waals surface area contributed by atoms with Gasteiger partial charge in [-0.3, -0.25) is 9.69 Å². The predicted octanol–water partition coefficient (Wildman–Crippen LogP) is 6.31. The summed E-state index contributed by atoms with van der Waals surface area (Å²) in [7, 11) is 3.22. The fourth-order valence-electron chi connectivity index (χ4n) is 4.45. The lowest BCUT2D eigenvalue weighted by Crippen LogP contribution is -2.54. The number of carbonyl (C=O) groups is 1. The SMILES string of the molecule is CC.CCC1CC(NC(=O)c2cc(Cl)cnc2OC)CC(C)N1CC(/C=C\COC)=C(\C)C(C)C. The van der Waals surface area contributed by atoms with Crippen molar-refractivity contribution < 1.29 is 14.3 Å². The molecule has 1 aromatic heterocycles. The van der Waals surface area contributed by atoms with Gasteiger partial charge in [-0.25, -0.2) is 4.98 Å². The molecule has 3 atom stereocenters. The van der Waals surface area contributed by atoms with E-state index in [-0.39, 0.29) is 17.8 Å². The Kier molecular flexibility index (Phi) is 14.2. The largest absolute Gasteiger partial charge is 0.480 e. The summed E-state index contributed by atoms with van der Waals surface area (Å²) >= 11 is 6.07. The van der Waals surface area contributed by atoms with Gasteiger partial charge in [0.1, 0.15) is 5.56 Å². The van der Waals surface area contributed by atoms with Crippen molar-refractivity contribution in [1.82, 2.24) is 15.2 Å². The maximum Gasteiger partial charge on any atom is 0.257 e. The van der Waals surface area contributed by atoms with Gasteiger partial charge in [-0.15, -0.1) is 0 Å². The number of hydrogen-bond acceptors (Lipinski definition) is 5. The highest BCUT2D eigenvalue weighted by atomic mass is 35.5. The van der Waals surface area contributed by atoms with E-state index in [9.17, 15) is 4.79 Å². The van der Waals surface area contributed by atoms with Crippen molar-refractivity contribution in [3.8, 4) is 5.88 Å². The van der Waals surface area contributed by atoms with E-state index in [4.69, 9.17) is 21.1 Å². The number of amides is 1. The molecule has 0 aromatic carbocycles. The van der Waals surface area contributed by atoms with Crippen LogP contribution in [0.2, 0.25) is 5.02 Å². The predicted molar refractivity (Wildman–Crippen MR) is 146 cm³/mol. The minimum atomic E-state index is -0.193. The van der Waals surface area contributed by atoms with E-state index < -0.39 is 0 Å². The molecule has 7 heteroatoms. The number of piperidine rings is 1. The fraction of sp³-hybridized carbons (Fsp3) is 0.643. The number of rotatable bonds is 10. The fourth-order valence-corrected chi connectivity index (χ4v) is 4.61. The van der Waals surface area contributed by atoms with Gasteiger partial charge >= 0.3 is 0 Å². The van der Waals surface area contributed by atoms with Crippen molar-refractivity contribution in [2.45, 2.75) is 85.9 Å². The highest BCUT2D eigenvalue weighted by Crippen LogP contribution is 2.29. The van der Waals surface area contributed by atoms with Crippen LogP contribution in [0.4, 0.5) is 0 Å². The number of nitrogens with one attached hydrogen (secondary N) is 1. The number of methoxy groups -OCH3 is 2. The zero-order valence-corrected chi connectivity index (χ0v) is 23.9. The number of allylic oxidation sites excluding steroid dienone is 1.